The molecule has 2 fully saturated rings. The van der Waals surface area contributed by atoms with Crippen molar-refractivity contribution in [2.24, 2.45) is 5.92 Å². The lowest BCUT2D eigenvalue weighted by Crippen LogP contribution is -2.51. The van der Waals surface area contributed by atoms with Gasteiger partial charge in [-0.3, -0.25) is 4.90 Å². The molecule has 2 aliphatic rings. The quantitative estimate of drug-likeness (QED) is 0.780. The SMILES string of the molecule is Cc1cc(C)c2oc(=O)cc(CN3CC[C@@H]4NCCC[C@@H]4C3)c2c1.Cl.Cl. The number of rotatable bonds is 2. The molecule has 1 N–H and O–H groups in total. The minimum atomic E-state index is -0.237. The van der Waals surface area contributed by atoms with Crippen molar-refractivity contribution in [3.05, 3.63) is 45.3 Å². The molecule has 2 atom stereocenters. The second-order valence-corrected chi connectivity index (χ2v) is 7.54. The van der Waals surface area contributed by atoms with Crippen molar-refractivity contribution in [2.75, 3.05) is 19.6 Å². The number of nitrogens with one attached hydrogen (secondary N) is 1. The molecule has 0 saturated carbocycles. The predicted molar refractivity (Wildman–Crippen MR) is 111 cm³/mol. The van der Waals surface area contributed by atoms with E-state index in [2.05, 4.69) is 29.3 Å². The van der Waals surface area contributed by atoms with Gasteiger partial charge in [0.05, 0.1) is 0 Å². The molecule has 4 rings (SSSR count). The van der Waals surface area contributed by atoms with Crippen molar-refractivity contribution in [1.29, 1.82) is 0 Å². The van der Waals surface area contributed by atoms with Crippen molar-refractivity contribution in [3.63, 3.8) is 0 Å². The summed E-state index contributed by atoms with van der Waals surface area (Å²) in [6.45, 7) is 8.35. The largest absolute Gasteiger partial charge is 0.422 e. The summed E-state index contributed by atoms with van der Waals surface area (Å²) in [5.74, 6) is 0.752. The highest BCUT2D eigenvalue weighted by Crippen LogP contribution is 2.28. The van der Waals surface area contributed by atoms with Gasteiger partial charge >= 0.3 is 5.63 Å². The smallest absolute Gasteiger partial charge is 0.336 e. The van der Waals surface area contributed by atoms with Crippen molar-refractivity contribution < 1.29 is 4.42 Å². The molecular weight excluding hydrogens is 371 g/mol. The first-order chi connectivity index (χ1) is 11.6. The lowest BCUT2D eigenvalue weighted by atomic mass is 9.85. The van der Waals surface area contributed by atoms with Gasteiger partial charge in [0, 0.05) is 30.6 Å². The Morgan fingerprint density at radius 2 is 2.00 bits per heavy atom. The van der Waals surface area contributed by atoms with Crippen molar-refractivity contribution in [2.45, 2.75) is 45.7 Å². The lowest BCUT2D eigenvalue weighted by molar-refractivity contribution is 0.109. The lowest BCUT2D eigenvalue weighted by Gasteiger charge is -2.41. The van der Waals surface area contributed by atoms with Crippen LogP contribution in [-0.2, 0) is 6.54 Å². The highest BCUT2D eigenvalue weighted by atomic mass is 35.5. The number of benzene rings is 1. The summed E-state index contributed by atoms with van der Waals surface area (Å²) in [4.78, 5) is 14.5. The maximum absolute atomic E-state index is 12.0. The number of aryl methyl sites for hydroxylation is 2. The third-order valence-electron chi connectivity index (χ3n) is 5.63. The van der Waals surface area contributed by atoms with Gasteiger partial charge in [-0.15, -0.1) is 24.8 Å². The minimum Gasteiger partial charge on any atom is -0.422 e. The van der Waals surface area contributed by atoms with Crippen LogP contribution in [0.2, 0.25) is 0 Å². The third kappa shape index (κ3) is 4.25. The Labute approximate surface area is 167 Å². The highest BCUT2D eigenvalue weighted by molar-refractivity contribution is 5.85. The van der Waals surface area contributed by atoms with E-state index < -0.39 is 0 Å². The molecule has 1 aromatic carbocycles. The average Bonchev–Trinajstić information content (AvgIpc) is 2.56. The van der Waals surface area contributed by atoms with Gasteiger partial charge in [-0.1, -0.05) is 6.07 Å². The first kappa shape index (κ1) is 21.2. The molecule has 4 nitrogen and oxygen atoms in total. The molecule has 144 valence electrons. The van der Waals surface area contributed by atoms with Crippen LogP contribution in [0.5, 0.6) is 0 Å². The van der Waals surface area contributed by atoms with Gasteiger partial charge in [-0.25, -0.2) is 4.79 Å². The first-order valence-electron chi connectivity index (χ1n) is 9.10. The van der Waals surface area contributed by atoms with Gasteiger partial charge in [0.25, 0.3) is 0 Å². The summed E-state index contributed by atoms with van der Waals surface area (Å²) in [5, 5.41) is 4.76. The molecule has 2 saturated heterocycles. The number of fused-ring (bicyclic) bond motifs is 2. The van der Waals surface area contributed by atoms with Gasteiger partial charge in [0.1, 0.15) is 5.58 Å². The van der Waals surface area contributed by atoms with Crippen LogP contribution in [0.25, 0.3) is 11.0 Å². The fourth-order valence-corrected chi connectivity index (χ4v) is 4.51. The molecule has 0 aliphatic carbocycles. The van der Waals surface area contributed by atoms with E-state index in [-0.39, 0.29) is 30.4 Å². The number of hydrogen-bond donors (Lipinski definition) is 1. The Morgan fingerprint density at radius 1 is 1.19 bits per heavy atom. The van der Waals surface area contributed by atoms with Gasteiger partial charge < -0.3 is 9.73 Å². The van der Waals surface area contributed by atoms with Crippen LogP contribution in [0, 0.1) is 19.8 Å². The summed E-state index contributed by atoms with van der Waals surface area (Å²) in [6.07, 6.45) is 3.82. The Hall–Kier alpha value is -1.07. The number of likely N-dealkylation sites (tertiary alicyclic amines) is 1. The second kappa shape index (κ2) is 8.75. The van der Waals surface area contributed by atoms with Crippen LogP contribution in [0.3, 0.4) is 0 Å². The van der Waals surface area contributed by atoms with Crippen molar-refractivity contribution >= 4 is 35.8 Å². The Balaban J connectivity index is 0.00000121. The first-order valence-corrected chi connectivity index (χ1v) is 9.10. The van der Waals surface area contributed by atoms with Crippen LogP contribution >= 0.6 is 24.8 Å². The van der Waals surface area contributed by atoms with Gasteiger partial charge in [-0.2, -0.15) is 0 Å². The summed E-state index contributed by atoms with van der Waals surface area (Å²) in [6, 6.07) is 6.60. The zero-order valence-corrected chi connectivity index (χ0v) is 17.0. The minimum absolute atomic E-state index is 0. The van der Waals surface area contributed by atoms with E-state index in [0.717, 1.165) is 47.6 Å². The zero-order valence-electron chi connectivity index (χ0n) is 15.4. The molecule has 2 aliphatic heterocycles. The normalized spacial score (nSPS) is 23.0. The standard InChI is InChI=1S/C20H26N2O2.2ClH/c1-13-8-14(2)20-17(9-13)16(10-19(23)24-20)12-22-7-5-18-15(11-22)4-3-6-21-18;;/h8-10,15,18,21H,3-7,11-12H2,1-2H3;2*1H/t15-,18+;;/m1../s1. The Morgan fingerprint density at radius 3 is 2.81 bits per heavy atom. The van der Waals surface area contributed by atoms with Crippen LogP contribution in [0.1, 0.15) is 36.0 Å². The molecule has 6 heteroatoms. The van der Waals surface area contributed by atoms with Crippen molar-refractivity contribution in [1.82, 2.24) is 10.2 Å². The van der Waals surface area contributed by atoms with E-state index in [0.29, 0.717) is 6.04 Å². The fraction of sp³-hybridized carbons (Fsp3) is 0.550. The third-order valence-corrected chi connectivity index (χ3v) is 5.63. The van der Waals surface area contributed by atoms with Crippen LogP contribution in [-0.4, -0.2) is 30.6 Å². The molecule has 0 amide bonds. The molecule has 0 bridgehead atoms. The topological polar surface area (TPSA) is 45.5 Å². The summed E-state index contributed by atoms with van der Waals surface area (Å²) in [7, 11) is 0. The van der Waals surface area contributed by atoms with E-state index in [1.807, 2.05) is 6.92 Å². The second-order valence-electron chi connectivity index (χ2n) is 7.54. The number of hydrogen-bond acceptors (Lipinski definition) is 4. The Kier molecular flexibility index (Phi) is 7.14. The van der Waals surface area contributed by atoms with E-state index in [1.165, 1.54) is 31.4 Å². The Bertz CT molecular complexity index is 821. The molecule has 1 aromatic heterocycles. The summed E-state index contributed by atoms with van der Waals surface area (Å²) >= 11 is 0. The van der Waals surface area contributed by atoms with Crippen LogP contribution in [0.4, 0.5) is 0 Å². The molecular formula is C20H28Cl2N2O2. The summed E-state index contributed by atoms with van der Waals surface area (Å²) in [5.41, 5.74) is 3.87. The maximum Gasteiger partial charge on any atom is 0.336 e. The highest BCUT2D eigenvalue weighted by Gasteiger charge is 2.31. The molecule has 0 radical (unpaired) electrons. The van der Waals surface area contributed by atoms with Crippen LogP contribution < -0.4 is 10.9 Å². The summed E-state index contributed by atoms with van der Waals surface area (Å²) < 4.78 is 5.48. The van der Waals surface area contributed by atoms with E-state index in [9.17, 15) is 4.79 Å². The van der Waals surface area contributed by atoms with Gasteiger partial charge in [0.15, 0.2) is 0 Å². The van der Waals surface area contributed by atoms with Gasteiger partial charge in [-0.05, 0) is 74.9 Å². The van der Waals surface area contributed by atoms with Gasteiger partial charge in [0.2, 0.25) is 0 Å². The number of nitrogens with zero attached hydrogens (tertiary/aromatic N) is 1. The molecule has 26 heavy (non-hydrogen) atoms. The molecule has 3 heterocycles. The monoisotopic (exact) mass is 398 g/mol. The van der Waals surface area contributed by atoms with Crippen LogP contribution in [0.15, 0.2) is 27.4 Å². The zero-order chi connectivity index (χ0) is 16.7. The van der Waals surface area contributed by atoms with E-state index in [4.69, 9.17) is 4.42 Å². The molecule has 0 unspecified atom stereocenters. The average molecular weight is 399 g/mol. The molecule has 2 aromatic rings. The number of halogens is 2. The van der Waals surface area contributed by atoms with E-state index >= 15 is 0 Å². The van der Waals surface area contributed by atoms with E-state index in [1.54, 1.807) is 6.07 Å². The molecule has 0 spiro atoms. The number of piperidine rings is 2. The predicted octanol–water partition coefficient (Wildman–Crippen LogP) is 3.83. The fourth-order valence-electron chi connectivity index (χ4n) is 4.51. The van der Waals surface area contributed by atoms with Crippen molar-refractivity contribution in [3.8, 4) is 0 Å². The maximum atomic E-state index is 12.0.